The van der Waals surface area contributed by atoms with E-state index in [4.69, 9.17) is 10.5 Å². The van der Waals surface area contributed by atoms with E-state index in [2.05, 4.69) is 0 Å². The Morgan fingerprint density at radius 2 is 1.95 bits per heavy atom. The average molecular weight is 334 g/mol. The van der Waals surface area contributed by atoms with E-state index < -0.39 is 6.04 Å². The zero-order valence-corrected chi connectivity index (χ0v) is 13.5. The topological polar surface area (TPSA) is 75.9 Å². The Kier molecular flexibility index (Phi) is 7.10. The zero-order valence-electron chi connectivity index (χ0n) is 11.9. The summed E-state index contributed by atoms with van der Waals surface area (Å²) in [6.07, 6.45) is 0. The van der Waals surface area contributed by atoms with Gasteiger partial charge in [0.1, 0.15) is 6.04 Å². The number of piperazine rings is 1. The summed E-state index contributed by atoms with van der Waals surface area (Å²) in [5.74, 6) is -0.0889. The molecule has 0 aliphatic carbocycles. The minimum Gasteiger partial charge on any atom is -0.383 e. The van der Waals surface area contributed by atoms with E-state index in [0.29, 0.717) is 31.7 Å². The van der Waals surface area contributed by atoms with Gasteiger partial charge >= 0.3 is 0 Å². The number of rotatable bonds is 4. The highest BCUT2D eigenvalue weighted by Gasteiger charge is 2.27. The molecule has 2 heterocycles. The number of carbonyl (C=O) groups is 2. The quantitative estimate of drug-likeness (QED) is 0.867. The summed E-state index contributed by atoms with van der Waals surface area (Å²) in [5.41, 5.74) is 6.45. The van der Waals surface area contributed by atoms with E-state index in [9.17, 15) is 9.59 Å². The van der Waals surface area contributed by atoms with E-state index in [1.54, 1.807) is 9.80 Å². The third kappa shape index (κ3) is 4.41. The number of methoxy groups -OCH3 is 1. The van der Waals surface area contributed by atoms with Crippen molar-refractivity contribution in [3.63, 3.8) is 0 Å². The molecule has 1 aromatic rings. The van der Waals surface area contributed by atoms with Crippen LogP contribution in [-0.2, 0) is 9.53 Å². The van der Waals surface area contributed by atoms with Gasteiger partial charge in [-0.2, -0.15) is 11.3 Å². The van der Waals surface area contributed by atoms with Crippen molar-refractivity contribution in [1.29, 1.82) is 0 Å². The van der Waals surface area contributed by atoms with Crippen LogP contribution in [0.4, 0.5) is 0 Å². The van der Waals surface area contributed by atoms with Gasteiger partial charge in [-0.15, -0.1) is 12.4 Å². The Balaban J connectivity index is 0.00000220. The Hall–Kier alpha value is -1.15. The first-order valence-corrected chi connectivity index (χ1v) is 7.42. The van der Waals surface area contributed by atoms with Crippen molar-refractivity contribution in [2.45, 2.75) is 6.04 Å². The van der Waals surface area contributed by atoms with Gasteiger partial charge in [0.05, 0.1) is 12.2 Å². The van der Waals surface area contributed by atoms with Crippen LogP contribution in [0.25, 0.3) is 0 Å². The van der Waals surface area contributed by atoms with Crippen molar-refractivity contribution < 1.29 is 14.3 Å². The molecule has 2 rings (SSSR count). The largest absolute Gasteiger partial charge is 0.383 e. The minimum atomic E-state index is -0.626. The molecule has 8 heteroatoms. The van der Waals surface area contributed by atoms with E-state index >= 15 is 0 Å². The van der Waals surface area contributed by atoms with Gasteiger partial charge in [0.15, 0.2) is 0 Å². The fourth-order valence-electron chi connectivity index (χ4n) is 2.18. The van der Waals surface area contributed by atoms with Crippen molar-refractivity contribution in [2.75, 3.05) is 39.9 Å². The van der Waals surface area contributed by atoms with Crippen molar-refractivity contribution >= 4 is 35.6 Å². The highest BCUT2D eigenvalue weighted by atomic mass is 35.5. The van der Waals surface area contributed by atoms with E-state index in [-0.39, 0.29) is 30.8 Å². The summed E-state index contributed by atoms with van der Waals surface area (Å²) in [5, 5.41) is 3.73. The van der Waals surface area contributed by atoms with Crippen molar-refractivity contribution in [3.8, 4) is 0 Å². The van der Waals surface area contributed by atoms with Crippen LogP contribution in [0, 0.1) is 0 Å². The molecule has 2 amide bonds. The summed E-state index contributed by atoms with van der Waals surface area (Å²) < 4.78 is 4.89. The molecular weight excluding hydrogens is 314 g/mol. The molecular formula is C13H20ClN3O3S. The molecule has 0 aromatic carbocycles. The minimum absolute atomic E-state index is 0. The molecule has 1 unspecified atom stereocenters. The molecule has 0 spiro atoms. The monoisotopic (exact) mass is 333 g/mol. The van der Waals surface area contributed by atoms with Crippen LogP contribution < -0.4 is 5.73 Å². The number of nitrogens with zero attached hydrogens (tertiary/aromatic N) is 2. The summed E-state index contributed by atoms with van der Waals surface area (Å²) >= 11 is 1.50. The molecule has 1 fully saturated rings. The van der Waals surface area contributed by atoms with Gasteiger partial charge in [0.2, 0.25) is 5.91 Å². The van der Waals surface area contributed by atoms with Gasteiger partial charge in [-0.1, -0.05) is 0 Å². The van der Waals surface area contributed by atoms with Gasteiger partial charge in [-0.05, 0) is 11.4 Å². The van der Waals surface area contributed by atoms with Crippen molar-refractivity contribution in [2.24, 2.45) is 5.73 Å². The zero-order chi connectivity index (χ0) is 14.5. The van der Waals surface area contributed by atoms with Crippen molar-refractivity contribution in [3.05, 3.63) is 22.4 Å². The van der Waals surface area contributed by atoms with Crippen LogP contribution in [0.2, 0.25) is 0 Å². The first-order valence-electron chi connectivity index (χ1n) is 6.48. The number of hydrogen-bond donors (Lipinski definition) is 1. The van der Waals surface area contributed by atoms with E-state index in [1.165, 1.54) is 18.4 Å². The summed E-state index contributed by atoms with van der Waals surface area (Å²) in [4.78, 5) is 27.6. The molecule has 1 aliphatic heterocycles. The fourth-order valence-corrected chi connectivity index (χ4v) is 2.81. The lowest BCUT2D eigenvalue weighted by Gasteiger charge is -2.35. The predicted molar refractivity (Wildman–Crippen MR) is 83.9 cm³/mol. The predicted octanol–water partition coefficient (Wildman–Crippen LogP) is 0.428. The maximum atomic E-state index is 12.2. The Labute approximate surface area is 134 Å². The SMILES string of the molecule is COCC(N)C(=O)N1CCN(C(=O)c2ccsc2)CC1.Cl. The molecule has 6 nitrogen and oxygen atoms in total. The normalized spacial score (nSPS) is 16.3. The lowest BCUT2D eigenvalue weighted by Crippen LogP contribution is -2.55. The number of amides is 2. The van der Waals surface area contributed by atoms with E-state index in [0.717, 1.165) is 0 Å². The molecule has 1 aromatic heterocycles. The standard InChI is InChI=1S/C13H19N3O3S.ClH/c1-19-8-11(14)13(18)16-5-3-15(4-6-16)12(17)10-2-7-20-9-10;/h2,7,9,11H,3-6,8,14H2,1H3;1H. The lowest BCUT2D eigenvalue weighted by atomic mass is 10.2. The third-order valence-corrected chi connectivity index (χ3v) is 3.99. The second-order valence-electron chi connectivity index (χ2n) is 4.69. The van der Waals surface area contributed by atoms with Crippen LogP contribution in [0.3, 0.4) is 0 Å². The Bertz CT molecular complexity index is 461. The number of ether oxygens (including phenoxy) is 1. The summed E-state index contributed by atoms with van der Waals surface area (Å²) in [6, 6.07) is 1.19. The van der Waals surface area contributed by atoms with Crippen LogP contribution >= 0.6 is 23.7 Å². The number of thiophene rings is 1. The van der Waals surface area contributed by atoms with Gasteiger partial charge in [-0.3, -0.25) is 9.59 Å². The molecule has 2 N–H and O–H groups in total. The first-order chi connectivity index (χ1) is 9.63. The average Bonchev–Trinajstić information content (AvgIpc) is 3.00. The second-order valence-corrected chi connectivity index (χ2v) is 5.47. The number of carbonyl (C=O) groups excluding carboxylic acids is 2. The number of hydrogen-bond acceptors (Lipinski definition) is 5. The number of halogens is 1. The van der Waals surface area contributed by atoms with Crippen LogP contribution in [0.15, 0.2) is 16.8 Å². The third-order valence-electron chi connectivity index (χ3n) is 3.31. The maximum Gasteiger partial charge on any atom is 0.254 e. The van der Waals surface area contributed by atoms with Gasteiger partial charge in [-0.25, -0.2) is 0 Å². The Morgan fingerprint density at radius 3 is 2.48 bits per heavy atom. The molecule has 1 saturated heterocycles. The van der Waals surface area contributed by atoms with Crippen LogP contribution in [0.1, 0.15) is 10.4 Å². The maximum absolute atomic E-state index is 12.2. The second kappa shape index (κ2) is 8.33. The summed E-state index contributed by atoms with van der Waals surface area (Å²) in [7, 11) is 1.52. The molecule has 0 bridgehead atoms. The smallest absolute Gasteiger partial charge is 0.254 e. The van der Waals surface area contributed by atoms with Crippen LogP contribution in [-0.4, -0.2) is 67.6 Å². The van der Waals surface area contributed by atoms with Gasteiger partial charge in [0.25, 0.3) is 5.91 Å². The molecule has 1 aliphatic rings. The highest BCUT2D eigenvalue weighted by Crippen LogP contribution is 2.12. The van der Waals surface area contributed by atoms with E-state index in [1.807, 2.05) is 16.8 Å². The Morgan fingerprint density at radius 1 is 1.33 bits per heavy atom. The highest BCUT2D eigenvalue weighted by molar-refractivity contribution is 7.08. The molecule has 0 saturated carbocycles. The number of nitrogens with two attached hydrogens (primary N) is 1. The fraction of sp³-hybridized carbons (Fsp3) is 0.538. The molecule has 1 atom stereocenters. The van der Waals surface area contributed by atoms with Crippen LogP contribution in [0.5, 0.6) is 0 Å². The molecule has 21 heavy (non-hydrogen) atoms. The van der Waals surface area contributed by atoms with Gasteiger partial charge in [0, 0.05) is 38.7 Å². The first kappa shape index (κ1) is 17.9. The van der Waals surface area contributed by atoms with Gasteiger partial charge < -0.3 is 20.3 Å². The molecule has 0 radical (unpaired) electrons. The molecule has 118 valence electrons. The van der Waals surface area contributed by atoms with Crippen molar-refractivity contribution in [1.82, 2.24) is 9.80 Å². The lowest BCUT2D eigenvalue weighted by molar-refractivity contribution is -0.135. The summed E-state index contributed by atoms with van der Waals surface area (Å²) in [6.45, 7) is 2.34.